The summed E-state index contributed by atoms with van der Waals surface area (Å²) in [7, 11) is 3.85. The molecule has 26 heavy (non-hydrogen) atoms. The van der Waals surface area contributed by atoms with Gasteiger partial charge >= 0.3 is 5.97 Å². The van der Waals surface area contributed by atoms with Gasteiger partial charge in [0.1, 0.15) is 12.2 Å². The van der Waals surface area contributed by atoms with Crippen LogP contribution in [0.2, 0.25) is 0 Å². The Balaban J connectivity index is 1.53. The van der Waals surface area contributed by atoms with Crippen molar-refractivity contribution in [2.75, 3.05) is 20.7 Å². The van der Waals surface area contributed by atoms with Gasteiger partial charge in [-0.25, -0.2) is 0 Å². The van der Waals surface area contributed by atoms with E-state index in [1.54, 1.807) is 7.11 Å². The number of carbonyl (C=O) groups excluding carboxylic acids is 1. The van der Waals surface area contributed by atoms with Crippen molar-refractivity contribution in [1.82, 2.24) is 4.90 Å². The molecule has 2 aliphatic carbocycles. The third-order valence-electron chi connectivity index (χ3n) is 6.31. The summed E-state index contributed by atoms with van der Waals surface area (Å²) in [4.78, 5) is 14.4. The quantitative estimate of drug-likeness (QED) is 0.616. The summed E-state index contributed by atoms with van der Waals surface area (Å²) in [5.41, 5.74) is 2.43. The summed E-state index contributed by atoms with van der Waals surface area (Å²) in [6.45, 7) is 1.92. The molecular weight excluding hydrogens is 330 g/mol. The highest BCUT2D eigenvalue weighted by Crippen LogP contribution is 2.55. The molecule has 5 heteroatoms. The van der Waals surface area contributed by atoms with Crippen LogP contribution in [0.4, 0.5) is 0 Å². The summed E-state index contributed by atoms with van der Waals surface area (Å²) in [6, 6.07) is 4.17. The molecule has 2 heterocycles. The van der Waals surface area contributed by atoms with Crippen molar-refractivity contribution in [3.63, 3.8) is 0 Å². The molecule has 5 nitrogen and oxygen atoms in total. The van der Waals surface area contributed by atoms with E-state index in [1.807, 2.05) is 6.07 Å². The van der Waals surface area contributed by atoms with E-state index < -0.39 is 0 Å². The predicted octanol–water partition coefficient (Wildman–Crippen LogP) is 2.81. The third kappa shape index (κ3) is 2.37. The molecule has 0 amide bonds. The number of methoxy groups -OCH3 is 1. The molecule has 1 aromatic rings. The second-order valence-corrected chi connectivity index (χ2v) is 8.11. The topological polar surface area (TPSA) is 48.0 Å². The lowest BCUT2D eigenvalue weighted by molar-refractivity contribution is -0.149. The second-order valence-electron chi connectivity index (χ2n) is 8.11. The van der Waals surface area contributed by atoms with Crippen molar-refractivity contribution in [3.05, 3.63) is 35.4 Å². The van der Waals surface area contributed by atoms with Crippen LogP contribution in [-0.2, 0) is 21.5 Å². The average molecular weight is 355 g/mol. The van der Waals surface area contributed by atoms with Gasteiger partial charge in [-0.15, -0.1) is 0 Å². The zero-order valence-corrected chi connectivity index (χ0v) is 15.4. The van der Waals surface area contributed by atoms with Gasteiger partial charge < -0.3 is 19.1 Å². The monoisotopic (exact) mass is 355 g/mol. The van der Waals surface area contributed by atoms with Crippen LogP contribution in [-0.4, -0.2) is 43.8 Å². The minimum atomic E-state index is -0.191. The van der Waals surface area contributed by atoms with E-state index >= 15 is 0 Å². The molecule has 5 rings (SSSR count). The molecule has 1 fully saturated rings. The standard InChI is InChI=1S/C21H25NO4/c1-22-10-9-21-8-7-15(25-20(23)13-3-4-13)11-17(21)26-19-16(24-2)6-5-14(12-22)18(19)21/h5-8,13,15,17H,3-4,9-12H2,1-2H3/t15-,17-,21-/m0/s1. The van der Waals surface area contributed by atoms with Crippen LogP contribution in [0.1, 0.15) is 36.8 Å². The minimum absolute atomic E-state index is 0.0129. The van der Waals surface area contributed by atoms with Gasteiger partial charge in [-0.05, 0) is 50.6 Å². The van der Waals surface area contributed by atoms with Crippen molar-refractivity contribution >= 4 is 5.97 Å². The van der Waals surface area contributed by atoms with Gasteiger partial charge in [0.25, 0.3) is 0 Å². The lowest BCUT2D eigenvalue weighted by atomic mass is 9.69. The molecule has 2 aliphatic heterocycles. The maximum absolute atomic E-state index is 12.1. The van der Waals surface area contributed by atoms with E-state index in [0.717, 1.165) is 43.9 Å². The van der Waals surface area contributed by atoms with E-state index in [4.69, 9.17) is 14.2 Å². The summed E-state index contributed by atoms with van der Waals surface area (Å²) in [6.07, 6.45) is 7.78. The summed E-state index contributed by atoms with van der Waals surface area (Å²) < 4.78 is 17.7. The molecule has 0 bridgehead atoms. The van der Waals surface area contributed by atoms with Crippen molar-refractivity contribution in [2.45, 2.75) is 49.9 Å². The Kier molecular flexibility index (Phi) is 3.58. The first-order valence-corrected chi connectivity index (χ1v) is 9.56. The van der Waals surface area contributed by atoms with Crippen molar-refractivity contribution in [3.8, 4) is 11.5 Å². The smallest absolute Gasteiger partial charge is 0.309 e. The number of nitrogens with zero attached hydrogens (tertiary/aromatic N) is 1. The van der Waals surface area contributed by atoms with E-state index in [-0.39, 0.29) is 29.5 Å². The van der Waals surface area contributed by atoms with Crippen LogP contribution >= 0.6 is 0 Å². The lowest BCUT2D eigenvalue weighted by Gasteiger charge is -2.36. The minimum Gasteiger partial charge on any atom is -0.493 e. The molecule has 4 aliphatic rings. The highest BCUT2D eigenvalue weighted by Gasteiger charge is 2.53. The van der Waals surface area contributed by atoms with Crippen molar-refractivity contribution in [1.29, 1.82) is 0 Å². The van der Waals surface area contributed by atoms with Gasteiger partial charge in [0.2, 0.25) is 0 Å². The van der Waals surface area contributed by atoms with E-state index in [1.165, 1.54) is 11.1 Å². The van der Waals surface area contributed by atoms with Crippen molar-refractivity contribution in [2.24, 2.45) is 5.92 Å². The first-order chi connectivity index (χ1) is 12.6. The van der Waals surface area contributed by atoms with Crippen LogP contribution in [0.5, 0.6) is 11.5 Å². The Morgan fingerprint density at radius 2 is 2.19 bits per heavy atom. The molecular formula is C21H25NO4. The Labute approximate surface area is 153 Å². The zero-order valence-electron chi connectivity index (χ0n) is 15.4. The molecule has 0 unspecified atom stereocenters. The Morgan fingerprint density at radius 3 is 2.96 bits per heavy atom. The number of benzene rings is 1. The first-order valence-electron chi connectivity index (χ1n) is 9.56. The van der Waals surface area contributed by atoms with Gasteiger partial charge in [-0.2, -0.15) is 0 Å². The van der Waals surface area contributed by atoms with E-state index in [0.29, 0.717) is 6.42 Å². The fourth-order valence-electron chi connectivity index (χ4n) is 4.72. The number of rotatable bonds is 3. The van der Waals surface area contributed by atoms with E-state index in [9.17, 15) is 4.79 Å². The highest BCUT2D eigenvalue weighted by molar-refractivity contribution is 5.75. The number of carbonyl (C=O) groups is 1. The first kappa shape index (κ1) is 16.2. The van der Waals surface area contributed by atoms with Gasteiger partial charge in [-0.3, -0.25) is 4.79 Å². The Bertz CT molecular complexity index is 784. The molecule has 1 spiro atoms. The SMILES string of the molecule is COc1ccc2c3c1O[C@H]1C[C@@H](OC(=O)C4CC4)C=C[C@@]31CCN(C)C2. The Morgan fingerprint density at radius 1 is 1.35 bits per heavy atom. The fourth-order valence-corrected chi connectivity index (χ4v) is 4.72. The summed E-state index contributed by atoms with van der Waals surface area (Å²) in [5, 5.41) is 0. The lowest BCUT2D eigenvalue weighted by Crippen LogP contribution is -2.43. The van der Waals surface area contributed by atoms with Crippen molar-refractivity contribution < 1.29 is 19.0 Å². The van der Waals surface area contributed by atoms with Crippen LogP contribution < -0.4 is 9.47 Å². The Hall–Kier alpha value is -2.01. The normalized spacial score (nSPS) is 32.2. The second kappa shape index (κ2) is 5.74. The van der Waals surface area contributed by atoms with Gasteiger partial charge in [0.15, 0.2) is 11.5 Å². The summed E-state index contributed by atoms with van der Waals surface area (Å²) >= 11 is 0. The average Bonchev–Trinajstić information content (AvgIpc) is 3.43. The summed E-state index contributed by atoms with van der Waals surface area (Å²) in [5.74, 6) is 1.75. The molecule has 1 aromatic carbocycles. The van der Waals surface area contributed by atoms with Gasteiger partial charge in [0, 0.05) is 18.5 Å². The zero-order chi connectivity index (χ0) is 17.9. The molecule has 0 N–H and O–H groups in total. The van der Waals surface area contributed by atoms with Crippen LogP contribution in [0.3, 0.4) is 0 Å². The van der Waals surface area contributed by atoms with Gasteiger partial charge in [0.05, 0.1) is 18.4 Å². The number of hydrogen-bond acceptors (Lipinski definition) is 5. The number of esters is 1. The van der Waals surface area contributed by atoms with Crippen LogP contribution in [0, 0.1) is 5.92 Å². The molecule has 138 valence electrons. The predicted molar refractivity (Wildman–Crippen MR) is 96.4 cm³/mol. The molecule has 0 saturated heterocycles. The van der Waals surface area contributed by atoms with Gasteiger partial charge in [-0.1, -0.05) is 12.1 Å². The molecule has 1 saturated carbocycles. The van der Waals surface area contributed by atoms with E-state index in [2.05, 4.69) is 30.2 Å². The number of hydrogen-bond donors (Lipinski definition) is 0. The largest absolute Gasteiger partial charge is 0.493 e. The fraction of sp³-hybridized carbons (Fsp3) is 0.571. The van der Waals surface area contributed by atoms with Crippen LogP contribution in [0.25, 0.3) is 0 Å². The highest BCUT2D eigenvalue weighted by atomic mass is 16.6. The van der Waals surface area contributed by atoms with Crippen LogP contribution in [0.15, 0.2) is 24.3 Å². The third-order valence-corrected chi connectivity index (χ3v) is 6.31. The molecule has 3 atom stereocenters. The molecule has 0 aromatic heterocycles. The number of ether oxygens (including phenoxy) is 3. The molecule has 0 radical (unpaired) electrons. The maximum Gasteiger partial charge on any atom is 0.309 e. The maximum atomic E-state index is 12.1.